The summed E-state index contributed by atoms with van der Waals surface area (Å²) in [7, 11) is 3.15. The molecule has 0 bridgehead atoms. The Bertz CT molecular complexity index is 951. The van der Waals surface area contributed by atoms with Crippen LogP contribution in [-0.2, 0) is 22.0 Å². The zero-order valence-corrected chi connectivity index (χ0v) is 15.1. The minimum atomic E-state index is -0.757. The van der Waals surface area contributed by atoms with Crippen LogP contribution in [0.15, 0.2) is 30.5 Å². The molecule has 3 aromatic rings. The Morgan fingerprint density at radius 3 is 2.84 bits per heavy atom. The molecule has 0 unspecified atom stereocenters. The van der Waals surface area contributed by atoms with Gasteiger partial charge >= 0.3 is 5.97 Å². The molecule has 8 heteroatoms. The van der Waals surface area contributed by atoms with Gasteiger partial charge in [-0.25, -0.2) is 9.67 Å². The molecule has 0 spiro atoms. The van der Waals surface area contributed by atoms with Gasteiger partial charge in [-0.15, -0.1) is 0 Å². The number of benzene rings is 1. The maximum Gasteiger partial charge on any atom is 0.315 e. The summed E-state index contributed by atoms with van der Waals surface area (Å²) in [5.74, 6) is 0.118. The van der Waals surface area contributed by atoms with Crippen molar-refractivity contribution in [3.63, 3.8) is 0 Å². The number of ether oxygens (including phenoxy) is 1. The number of halogens is 1. The number of rotatable bonds is 4. The largest absolute Gasteiger partial charge is 0.468 e. The number of esters is 1. The molecule has 0 aliphatic heterocycles. The summed E-state index contributed by atoms with van der Waals surface area (Å²) in [6, 6.07) is 7.50. The quantitative estimate of drug-likeness (QED) is 0.720. The number of hydrogen-bond acceptors (Lipinski definition) is 6. The van der Waals surface area contributed by atoms with Crippen LogP contribution in [0.1, 0.15) is 19.4 Å². The number of aryl methyl sites for hydroxylation is 1. The molecule has 1 aromatic carbocycles. The summed E-state index contributed by atoms with van der Waals surface area (Å²) in [4.78, 5) is 20.7. The van der Waals surface area contributed by atoms with Crippen molar-refractivity contribution in [1.29, 1.82) is 0 Å². The van der Waals surface area contributed by atoms with Crippen molar-refractivity contribution in [1.82, 2.24) is 19.7 Å². The zero-order valence-electron chi connectivity index (χ0n) is 14.4. The average Bonchev–Trinajstić information content (AvgIpc) is 2.88. The zero-order chi connectivity index (χ0) is 18.2. The van der Waals surface area contributed by atoms with Crippen molar-refractivity contribution in [3.8, 4) is 0 Å². The molecule has 2 aromatic heterocycles. The molecule has 1 N–H and O–H groups in total. The maximum absolute atomic E-state index is 12.0. The van der Waals surface area contributed by atoms with Crippen LogP contribution in [0.4, 0.5) is 11.6 Å². The Morgan fingerprint density at radius 1 is 1.36 bits per heavy atom. The Labute approximate surface area is 150 Å². The molecule has 7 nitrogen and oxygen atoms in total. The van der Waals surface area contributed by atoms with Gasteiger partial charge in [0.15, 0.2) is 10.8 Å². The van der Waals surface area contributed by atoms with E-state index < -0.39 is 5.41 Å². The van der Waals surface area contributed by atoms with Crippen LogP contribution < -0.4 is 5.32 Å². The van der Waals surface area contributed by atoms with E-state index in [9.17, 15) is 4.79 Å². The summed E-state index contributed by atoms with van der Waals surface area (Å²) in [6.45, 7) is 3.64. The molecule has 25 heavy (non-hydrogen) atoms. The molecule has 0 aliphatic rings. The van der Waals surface area contributed by atoms with Crippen molar-refractivity contribution in [3.05, 3.63) is 41.2 Å². The third-order valence-corrected chi connectivity index (χ3v) is 4.35. The van der Waals surface area contributed by atoms with Crippen molar-refractivity contribution >= 4 is 40.2 Å². The van der Waals surface area contributed by atoms with E-state index in [0.717, 1.165) is 11.3 Å². The fourth-order valence-electron chi connectivity index (χ4n) is 2.55. The van der Waals surface area contributed by atoms with Crippen molar-refractivity contribution < 1.29 is 9.53 Å². The van der Waals surface area contributed by atoms with E-state index in [0.29, 0.717) is 22.1 Å². The van der Waals surface area contributed by atoms with E-state index in [1.165, 1.54) is 7.11 Å². The van der Waals surface area contributed by atoms with E-state index in [-0.39, 0.29) is 5.97 Å². The smallest absolute Gasteiger partial charge is 0.315 e. The molecule has 0 aliphatic carbocycles. The van der Waals surface area contributed by atoms with Crippen molar-refractivity contribution in [2.75, 3.05) is 12.4 Å². The van der Waals surface area contributed by atoms with Gasteiger partial charge in [0, 0.05) is 18.9 Å². The number of aromatic nitrogens is 4. The Morgan fingerprint density at radius 2 is 2.12 bits per heavy atom. The fraction of sp³-hybridized carbons (Fsp3) is 0.294. The lowest BCUT2D eigenvalue weighted by Crippen LogP contribution is -2.30. The first kappa shape index (κ1) is 17.2. The highest BCUT2D eigenvalue weighted by molar-refractivity contribution is 6.34. The van der Waals surface area contributed by atoms with Crippen LogP contribution in [0.3, 0.4) is 0 Å². The number of fused-ring (bicyclic) bond motifs is 1. The number of nitrogens with zero attached hydrogens (tertiary/aromatic N) is 4. The molecule has 130 valence electrons. The van der Waals surface area contributed by atoms with E-state index in [1.807, 2.05) is 38.1 Å². The highest BCUT2D eigenvalue weighted by Crippen LogP contribution is 2.28. The first-order valence-electron chi connectivity index (χ1n) is 7.64. The number of anilines is 2. The second-order valence-electron chi connectivity index (χ2n) is 6.17. The van der Waals surface area contributed by atoms with Crippen LogP contribution in [0.5, 0.6) is 0 Å². The van der Waals surface area contributed by atoms with Gasteiger partial charge in [-0.05, 0) is 31.5 Å². The summed E-state index contributed by atoms with van der Waals surface area (Å²) >= 11 is 6.03. The molecular formula is C17H18ClN5O2. The number of nitrogens with one attached hydrogen (secondary N) is 1. The summed E-state index contributed by atoms with van der Waals surface area (Å²) in [6.07, 6.45) is 1.63. The van der Waals surface area contributed by atoms with Gasteiger partial charge in [-0.1, -0.05) is 23.7 Å². The second-order valence-corrected chi connectivity index (χ2v) is 6.53. The van der Waals surface area contributed by atoms with Crippen LogP contribution in [0.2, 0.25) is 5.15 Å². The van der Waals surface area contributed by atoms with E-state index in [4.69, 9.17) is 16.3 Å². The topological polar surface area (TPSA) is 81.9 Å². The maximum atomic E-state index is 12.0. The molecule has 0 radical (unpaired) electrons. The highest BCUT2D eigenvalue weighted by atomic mass is 35.5. The lowest BCUT2D eigenvalue weighted by atomic mass is 9.84. The first-order chi connectivity index (χ1) is 11.8. The Balaban J connectivity index is 1.92. The van der Waals surface area contributed by atoms with Gasteiger partial charge in [0.2, 0.25) is 5.95 Å². The standard InChI is InChI=1S/C17H18ClN5O2/c1-17(2,15(24)25-4)10-6-5-7-11(8-10)20-16-19-9-12-13(18)22-23(3)14(12)21-16/h5-9H,1-4H3,(H,19,20,21). The van der Waals surface area contributed by atoms with Crippen molar-refractivity contribution in [2.45, 2.75) is 19.3 Å². The van der Waals surface area contributed by atoms with Crippen molar-refractivity contribution in [2.24, 2.45) is 7.05 Å². The minimum absolute atomic E-state index is 0.299. The number of carbonyl (C=O) groups is 1. The van der Waals surface area contributed by atoms with Crippen LogP contribution in [-0.4, -0.2) is 32.8 Å². The van der Waals surface area contributed by atoms with Gasteiger partial charge in [0.25, 0.3) is 0 Å². The van der Waals surface area contributed by atoms with Gasteiger partial charge in [-0.3, -0.25) is 4.79 Å². The lowest BCUT2D eigenvalue weighted by molar-refractivity contribution is -0.146. The summed E-state index contributed by atoms with van der Waals surface area (Å²) in [5.41, 5.74) is 1.47. The predicted octanol–water partition coefficient (Wildman–Crippen LogP) is 3.21. The van der Waals surface area contributed by atoms with Gasteiger partial charge in [0.1, 0.15) is 0 Å². The number of methoxy groups -OCH3 is 1. The summed E-state index contributed by atoms with van der Waals surface area (Å²) in [5, 5.41) is 8.31. The molecule has 0 atom stereocenters. The Kier molecular flexibility index (Phi) is 4.34. The van der Waals surface area contributed by atoms with Crippen LogP contribution in [0.25, 0.3) is 11.0 Å². The number of carbonyl (C=O) groups excluding carboxylic acids is 1. The van der Waals surface area contributed by atoms with E-state index in [2.05, 4.69) is 20.4 Å². The third-order valence-electron chi connectivity index (χ3n) is 4.07. The Hall–Kier alpha value is -2.67. The molecule has 0 fully saturated rings. The van der Waals surface area contributed by atoms with Gasteiger partial charge in [-0.2, -0.15) is 10.1 Å². The molecule has 0 saturated heterocycles. The average molecular weight is 360 g/mol. The molecular weight excluding hydrogens is 342 g/mol. The fourth-order valence-corrected chi connectivity index (χ4v) is 2.79. The molecule has 2 heterocycles. The molecule has 0 saturated carbocycles. The second kappa shape index (κ2) is 6.33. The third kappa shape index (κ3) is 3.15. The predicted molar refractivity (Wildman–Crippen MR) is 96.1 cm³/mol. The first-order valence-corrected chi connectivity index (χ1v) is 8.02. The van der Waals surface area contributed by atoms with E-state index >= 15 is 0 Å². The monoisotopic (exact) mass is 359 g/mol. The van der Waals surface area contributed by atoms with Crippen LogP contribution >= 0.6 is 11.6 Å². The lowest BCUT2D eigenvalue weighted by Gasteiger charge is -2.22. The molecule has 3 rings (SSSR count). The molecule has 0 amide bonds. The SMILES string of the molecule is COC(=O)C(C)(C)c1cccc(Nc2ncc3c(Cl)nn(C)c3n2)c1. The minimum Gasteiger partial charge on any atom is -0.468 e. The van der Waals surface area contributed by atoms with Crippen LogP contribution in [0, 0.1) is 0 Å². The van der Waals surface area contributed by atoms with Gasteiger partial charge in [0.05, 0.1) is 17.9 Å². The summed E-state index contributed by atoms with van der Waals surface area (Å²) < 4.78 is 6.48. The number of hydrogen-bond donors (Lipinski definition) is 1. The van der Waals surface area contributed by atoms with E-state index in [1.54, 1.807) is 17.9 Å². The van der Waals surface area contributed by atoms with Gasteiger partial charge < -0.3 is 10.1 Å². The normalized spacial score (nSPS) is 11.6. The highest BCUT2D eigenvalue weighted by Gasteiger charge is 2.31.